The lowest BCUT2D eigenvalue weighted by molar-refractivity contribution is -0.384. The standard InChI is InChI=1S/C14H19ClN4O3/c1-17(10-14(20)18-6-4-16-5-7-18)9-11-2-3-12(19(21)22)8-13(11)15/h2-3,8,16H,4-7,9-10H2,1H3. The highest BCUT2D eigenvalue weighted by atomic mass is 35.5. The lowest BCUT2D eigenvalue weighted by Gasteiger charge is -2.29. The van der Waals surface area contributed by atoms with Gasteiger partial charge in [-0.25, -0.2) is 0 Å². The molecule has 1 saturated heterocycles. The fraction of sp³-hybridized carbons (Fsp3) is 0.500. The first-order chi connectivity index (χ1) is 10.5. The number of rotatable bonds is 5. The number of nitrogens with one attached hydrogen (secondary N) is 1. The minimum Gasteiger partial charge on any atom is -0.339 e. The van der Waals surface area contributed by atoms with E-state index >= 15 is 0 Å². The molecule has 1 fully saturated rings. The summed E-state index contributed by atoms with van der Waals surface area (Å²) < 4.78 is 0. The van der Waals surface area contributed by atoms with E-state index in [1.54, 1.807) is 6.07 Å². The zero-order valence-electron chi connectivity index (χ0n) is 12.4. The quantitative estimate of drug-likeness (QED) is 0.648. The van der Waals surface area contributed by atoms with Gasteiger partial charge in [0.05, 0.1) is 16.5 Å². The maximum Gasteiger partial charge on any atom is 0.270 e. The highest BCUT2D eigenvalue weighted by molar-refractivity contribution is 6.31. The molecule has 1 aliphatic rings. The average molecular weight is 327 g/mol. The predicted molar refractivity (Wildman–Crippen MR) is 83.9 cm³/mol. The van der Waals surface area contributed by atoms with Crippen LogP contribution in [0, 0.1) is 10.1 Å². The van der Waals surface area contributed by atoms with Crippen LogP contribution in [0.15, 0.2) is 18.2 Å². The van der Waals surface area contributed by atoms with Gasteiger partial charge in [0.15, 0.2) is 0 Å². The van der Waals surface area contributed by atoms with Crippen molar-refractivity contribution in [3.05, 3.63) is 38.9 Å². The number of nitro groups is 1. The Morgan fingerprint density at radius 3 is 2.73 bits per heavy atom. The molecule has 0 spiro atoms. The van der Waals surface area contributed by atoms with Gasteiger partial charge in [-0.05, 0) is 18.7 Å². The van der Waals surface area contributed by atoms with Gasteiger partial charge in [-0.1, -0.05) is 11.6 Å². The largest absolute Gasteiger partial charge is 0.339 e. The van der Waals surface area contributed by atoms with Crippen LogP contribution in [0.3, 0.4) is 0 Å². The molecule has 0 bridgehead atoms. The Labute approximate surface area is 134 Å². The van der Waals surface area contributed by atoms with Gasteiger partial charge in [0, 0.05) is 44.9 Å². The number of piperazine rings is 1. The number of carbonyl (C=O) groups is 1. The fourth-order valence-electron chi connectivity index (χ4n) is 2.37. The molecule has 2 rings (SSSR count). The first-order valence-electron chi connectivity index (χ1n) is 7.07. The third-order valence-electron chi connectivity index (χ3n) is 3.56. The molecule has 1 aromatic carbocycles. The summed E-state index contributed by atoms with van der Waals surface area (Å²) in [5, 5.41) is 14.2. The molecule has 22 heavy (non-hydrogen) atoms. The predicted octanol–water partition coefficient (Wildman–Crippen LogP) is 1.11. The van der Waals surface area contributed by atoms with Gasteiger partial charge in [-0.3, -0.25) is 19.8 Å². The summed E-state index contributed by atoms with van der Waals surface area (Å²) in [7, 11) is 1.83. The van der Waals surface area contributed by atoms with Gasteiger partial charge in [-0.15, -0.1) is 0 Å². The number of nitrogens with zero attached hydrogens (tertiary/aromatic N) is 3. The number of non-ortho nitro benzene ring substituents is 1. The minimum atomic E-state index is -0.479. The van der Waals surface area contributed by atoms with Crippen molar-refractivity contribution in [1.82, 2.24) is 15.1 Å². The molecule has 1 amide bonds. The van der Waals surface area contributed by atoms with Gasteiger partial charge < -0.3 is 10.2 Å². The number of amides is 1. The molecule has 0 saturated carbocycles. The van der Waals surface area contributed by atoms with Crippen molar-refractivity contribution in [2.75, 3.05) is 39.8 Å². The van der Waals surface area contributed by atoms with Crippen LogP contribution in [0.2, 0.25) is 5.02 Å². The van der Waals surface area contributed by atoms with Crippen LogP contribution in [-0.2, 0) is 11.3 Å². The Hall–Kier alpha value is -1.70. The van der Waals surface area contributed by atoms with Crippen LogP contribution in [0.5, 0.6) is 0 Å². The normalized spacial score (nSPS) is 15.1. The Kier molecular flexibility index (Phi) is 5.70. The fourth-order valence-corrected chi connectivity index (χ4v) is 2.60. The number of nitro benzene ring substituents is 1. The summed E-state index contributed by atoms with van der Waals surface area (Å²) in [4.78, 5) is 26.1. The monoisotopic (exact) mass is 326 g/mol. The molecule has 7 nitrogen and oxygen atoms in total. The number of carbonyl (C=O) groups excluding carboxylic acids is 1. The molecule has 0 atom stereocenters. The molecule has 0 aromatic heterocycles. The lowest BCUT2D eigenvalue weighted by atomic mass is 10.2. The number of hydrogen-bond donors (Lipinski definition) is 1. The topological polar surface area (TPSA) is 78.7 Å². The number of hydrogen-bond acceptors (Lipinski definition) is 5. The summed E-state index contributed by atoms with van der Waals surface area (Å²) in [6, 6.07) is 4.39. The van der Waals surface area contributed by atoms with Crippen LogP contribution in [-0.4, -0.2) is 60.4 Å². The number of benzene rings is 1. The van der Waals surface area contributed by atoms with Crippen LogP contribution in [0.25, 0.3) is 0 Å². The molecule has 1 heterocycles. The van der Waals surface area contributed by atoms with E-state index in [2.05, 4.69) is 5.32 Å². The molecule has 0 aliphatic carbocycles. The first-order valence-corrected chi connectivity index (χ1v) is 7.45. The third-order valence-corrected chi connectivity index (χ3v) is 3.91. The van der Waals surface area contributed by atoms with E-state index in [9.17, 15) is 14.9 Å². The number of likely N-dealkylation sites (N-methyl/N-ethyl adjacent to an activating group) is 1. The zero-order valence-corrected chi connectivity index (χ0v) is 13.2. The summed E-state index contributed by atoms with van der Waals surface area (Å²) >= 11 is 6.07. The Balaban J connectivity index is 1.92. The van der Waals surface area contributed by atoms with Gasteiger partial charge >= 0.3 is 0 Å². The second-order valence-electron chi connectivity index (χ2n) is 5.34. The summed E-state index contributed by atoms with van der Waals surface area (Å²) in [5.41, 5.74) is 0.733. The van der Waals surface area contributed by atoms with Crippen molar-refractivity contribution in [3.63, 3.8) is 0 Å². The van der Waals surface area contributed by atoms with Gasteiger partial charge in [0.2, 0.25) is 5.91 Å². The maximum atomic E-state index is 12.2. The Morgan fingerprint density at radius 2 is 2.14 bits per heavy atom. The van der Waals surface area contributed by atoms with E-state index in [0.717, 1.165) is 31.7 Å². The van der Waals surface area contributed by atoms with E-state index in [4.69, 9.17) is 11.6 Å². The van der Waals surface area contributed by atoms with Crippen molar-refractivity contribution in [2.45, 2.75) is 6.54 Å². The molecule has 8 heteroatoms. The highest BCUT2D eigenvalue weighted by Crippen LogP contribution is 2.23. The van der Waals surface area contributed by atoms with Crippen molar-refractivity contribution in [3.8, 4) is 0 Å². The molecule has 120 valence electrons. The van der Waals surface area contributed by atoms with Crippen molar-refractivity contribution in [1.29, 1.82) is 0 Å². The SMILES string of the molecule is CN(CC(=O)N1CCNCC1)Cc1ccc([N+](=O)[O-])cc1Cl. The molecule has 0 radical (unpaired) electrons. The van der Waals surface area contributed by atoms with Crippen molar-refractivity contribution < 1.29 is 9.72 Å². The van der Waals surface area contributed by atoms with Crippen molar-refractivity contribution >= 4 is 23.2 Å². The molecular formula is C14H19ClN4O3. The van der Waals surface area contributed by atoms with E-state index in [1.807, 2.05) is 16.8 Å². The maximum absolute atomic E-state index is 12.2. The summed E-state index contributed by atoms with van der Waals surface area (Å²) in [6.45, 7) is 3.87. The molecule has 1 aliphatic heterocycles. The molecule has 1 N–H and O–H groups in total. The van der Waals surface area contributed by atoms with E-state index < -0.39 is 4.92 Å². The minimum absolute atomic E-state index is 0.0340. The molecular weight excluding hydrogens is 308 g/mol. The highest BCUT2D eigenvalue weighted by Gasteiger charge is 2.18. The summed E-state index contributed by atoms with van der Waals surface area (Å²) in [6.07, 6.45) is 0. The first kappa shape index (κ1) is 16.7. The average Bonchev–Trinajstić information content (AvgIpc) is 2.50. The number of halogens is 1. The van der Waals surface area contributed by atoms with Gasteiger partial charge in [0.25, 0.3) is 5.69 Å². The lowest BCUT2D eigenvalue weighted by Crippen LogP contribution is -2.49. The van der Waals surface area contributed by atoms with Crippen molar-refractivity contribution in [2.24, 2.45) is 0 Å². The molecule has 1 aromatic rings. The Morgan fingerprint density at radius 1 is 1.45 bits per heavy atom. The van der Waals surface area contributed by atoms with Crippen LogP contribution in [0.4, 0.5) is 5.69 Å². The van der Waals surface area contributed by atoms with E-state index in [0.29, 0.717) is 18.1 Å². The van der Waals surface area contributed by atoms with E-state index in [1.165, 1.54) is 12.1 Å². The summed E-state index contributed by atoms with van der Waals surface area (Å²) in [5.74, 6) is 0.0852. The third kappa shape index (κ3) is 4.40. The Bertz CT molecular complexity index is 561. The smallest absolute Gasteiger partial charge is 0.270 e. The van der Waals surface area contributed by atoms with Crippen LogP contribution in [0.1, 0.15) is 5.56 Å². The van der Waals surface area contributed by atoms with Gasteiger partial charge in [0.1, 0.15) is 0 Å². The second-order valence-corrected chi connectivity index (χ2v) is 5.74. The second kappa shape index (κ2) is 7.53. The van der Waals surface area contributed by atoms with Crippen LogP contribution >= 0.6 is 11.6 Å². The van der Waals surface area contributed by atoms with E-state index in [-0.39, 0.29) is 11.6 Å². The zero-order chi connectivity index (χ0) is 16.1. The molecule has 0 unspecified atom stereocenters. The van der Waals surface area contributed by atoms with Gasteiger partial charge in [-0.2, -0.15) is 0 Å². The van der Waals surface area contributed by atoms with Crippen LogP contribution < -0.4 is 5.32 Å².